The number of ether oxygens (including phenoxy) is 1. The predicted octanol–water partition coefficient (Wildman–Crippen LogP) is 14.4. The number of hydrogen-bond donors (Lipinski definition) is 0. The van der Waals surface area contributed by atoms with E-state index in [9.17, 15) is 0 Å². The minimum atomic E-state index is -0.475. The van der Waals surface area contributed by atoms with E-state index in [-0.39, 0.29) is 0 Å². The summed E-state index contributed by atoms with van der Waals surface area (Å²) in [5, 5.41) is 6.72. The first-order chi connectivity index (χ1) is 27.7. The maximum atomic E-state index is 6.79. The molecule has 0 atom stereocenters. The van der Waals surface area contributed by atoms with Gasteiger partial charge in [0.05, 0.1) is 5.41 Å². The number of benzene rings is 9. The Balaban J connectivity index is 0.938. The van der Waals surface area contributed by atoms with Gasteiger partial charge in [0.1, 0.15) is 33.8 Å². The van der Waals surface area contributed by atoms with Crippen LogP contribution in [0.4, 0.5) is 0 Å². The predicted molar refractivity (Wildman–Crippen MR) is 227 cm³/mol. The lowest BCUT2D eigenvalue weighted by molar-refractivity contribution is 0.436. The summed E-state index contributed by atoms with van der Waals surface area (Å²) in [4.78, 5) is 0. The van der Waals surface area contributed by atoms with Gasteiger partial charge in [-0.05, 0) is 98.4 Å². The zero-order valence-corrected chi connectivity index (χ0v) is 30.0. The number of fused-ring (bicyclic) bond motifs is 17. The lowest BCUT2D eigenvalue weighted by Gasteiger charge is -2.39. The van der Waals surface area contributed by atoms with Gasteiger partial charge < -0.3 is 13.6 Å². The molecule has 1 aliphatic heterocycles. The number of rotatable bonds is 2. The highest BCUT2D eigenvalue weighted by Gasteiger charge is 2.50. The summed E-state index contributed by atoms with van der Waals surface area (Å²) in [6, 6.07) is 65.1. The molecule has 0 N–H and O–H groups in total. The molecule has 0 amide bonds. The molecule has 0 saturated carbocycles. The van der Waals surface area contributed by atoms with Crippen LogP contribution in [0, 0.1) is 0 Å². The van der Waals surface area contributed by atoms with Gasteiger partial charge in [-0.2, -0.15) is 0 Å². The molecule has 2 aliphatic rings. The van der Waals surface area contributed by atoms with Crippen LogP contribution >= 0.6 is 0 Å². The molecule has 2 aromatic heterocycles. The number of para-hydroxylation sites is 1. The molecule has 0 radical (unpaired) electrons. The first-order valence-corrected chi connectivity index (χ1v) is 19.2. The summed E-state index contributed by atoms with van der Waals surface area (Å²) >= 11 is 0. The Labute approximate surface area is 321 Å². The van der Waals surface area contributed by atoms with Gasteiger partial charge in [0.25, 0.3) is 0 Å². The van der Waals surface area contributed by atoms with Crippen molar-refractivity contribution in [3.05, 3.63) is 204 Å². The quantitative estimate of drug-likeness (QED) is 0.179. The Bertz CT molecular complexity index is 3420. The van der Waals surface area contributed by atoms with Crippen molar-refractivity contribution in [3.63, 3.8) is 0 Å². The van der Waals surface area contributed by atoms with Gasteiger partial charge in [0.15, 0.2) is 0 Å². The molecule has 1 spiro atoms. The largest absolute Gasteiger partial charge is 0.457 e. The maximum Gasteiger partial charge on any atom is 0.143 e. The van der Waals surface area contributed by atoms with Crippen molar-refractivity contribution in [2.45, 2.75) is 5.41 Å². The SMILES string of the molecule is c1ccc2c(c1)Oc1cc(-c3ccc4c(c3)oc3cc(-c5cccc6oc7c8ccccc8ccc7c56)ccc34)ccc1C21c2ccccc2-c2ccccc21. The molecule has 0 unspecified atom stereocenters. The second-order valence-corrected chi connectivity index (χ2v) is 15.1. The summed E-state index contributed by atoms with van der Waals surface area (Å²) in [7, 11) is 0. The lowest BCUT2D eigenvalue weighted by atomic mass is 9.66. The smallest absolute Gasteiger partial charge is 0.143 e. The first kappa shape index (κ1) is 30.0. The fourth-order valence-electron chi connectivity index (χ4n) is 9.96. The average molecular weight is 715 g/mol. The van der Waals surface area contributed by atoms with Crippen LogP contribution in [-0.2, 0) is 5.41 Å². The average Bonchev–Trinajstić information content (AvgIpc) is 3.92. The molecule has 3 heteroatoms. The fraction of sp³-hybridized carbons (Fsp3) is 0.0189. The summed E-state index contributed by atoms with van der Waals surface area (Å²) < 4.78 is 20.0. The molecule has 56 heavy (non-hydrogen) atoms. The monoisotopic (exact) mass is 714 g/mol. The molecule has 0 bridgehead atoms. The second-order valence-electron chi connectivity index (χ2n) is 15.1. The van der Waals surface area contributed by atoms with E-state index in [4.69, 9.17) is 13.6 Å². The molecule has 0 fully saturated rings. The maximum absolute atomic E-state index is 6.79. The van der Waals surface area contributed by atoms with E-state index in [0.29, 0.717) is 0 Å². The highest BCUT2D eigenvalue weighted by molar-refractivity contribution is 6.19. The molecule has 1 aliphatic carbocycles. The van der Waals surface area contributed by atoms with Gasteiger partial charge >= 0.3 is 0 Å². The zero-order chi connectivity index (χ0) is 36.5. The molecule has 260 valence electrons. The highest BCUT2D eigenvalue weighted by Crippen LogP contribution is 2.62. The van der Waals surface area contributed by atoms with Crippen LogP contribution in [0.5, 0.6) is 11.5 Å². The van der Waals surface area contributed by atoms with E-state index in [0.717, 1.165) is 88.6 Å². The van der Waals surface area contributed by atoms with Crippen LogP contribution in [0.15, 0.2) is 191 Å². The van der Waals surface area contributed by atoms with Crippen LogP contribution < -0.4 is 4.74 Å². The second kappa shape index (κ2) is 10.9. The minimum absolute atomic E-state index is 0.475. The van der Waals surface area contributed by atoms with Crippen LogP contribution in [0.2, 0.25) is 0 Å². The van der Waals surface area contributed by atoms with Crippen molar-refractivity contribution in [1.82, 2.24) is 0 Å². The Hall–Kier alpha value is -7.36. The Morgan fingerprint density at radius 1 is 0.339 bits per heavy atom. The van der Waals surface area contributed by atoms with Crippen molar-refractivity contribution < 1.29 is 13.6 Å². The van der Waals surface area contributed by atoms with Crippen molar-refractivity contribution in [3.8, 4) is 44.9 Å². The van der Waals surface area contributed by atoms with Gasteiger partial charge in [-0.25, -0.2) is 0 Å². The zero-order valence-electron chi connectivity index (χ0n) is 30.0. The first-order valence-electron chi connectivity index (χ1n) is 19.2. The van der Waals surface area contributed by atoms with Crippen LogP contribution in [0.25, 0.3) is 88.0 Å². The van der Waals surface area contributed by atoms with E-state index in [1.807, 2.05) is 0 Å². The van der Waals surface area contributed by atoms with Gasteiger partial charge in [-0.1, -0.05) is 133 Å². The number of hydrogen-bond acceptors (Lipinski definition) is 3. The third-order valence-corrected chi connectivity index (χ3v) is 12.4. The molecule has 11 aromatic rings. The third-order valence-electron chi connectivity index (χ3n) is 12.4. The van der Waals surface area contributed by atoms with Crippen LogP contribution in [0.1, 0.15) is 22.3 Å². The van der Waals surface area contributed by atoms with Gasteiger partial charge in [0.2, 0.25) is 0 Å². The van der Waals surface area contributed by atoms with Crippen LogP contribution in [-0.4, -0.2) is 0 Å². The van der Waals surface area contributed by atoms with Crippen molar-refractivity contribution in [2.75, 3.05) is 0 Å². The summed E-state index contributed by atoms with van der Waals surface area (Å²) in [6.45, 7) is 0. The van der Waals surface area contributed by atoms with E-state index in [1.165, 1.54) is 33.2 Å². The van der Waals surface area contributed by atoms with Crippen molar-refractivity contribution in [2.24, 2.45) is 0 Å². The molecule has 3 nitrogen and oxygen atoms in total. The van der Waals surface area contributed by atoms with E-state index in [2.05, 4.69) is 182 Å². The minimum Gasteiger partial charge on any atom is -0.457 e. The third kappa shape index (κ3) is 3.86. The summed E-state index contributed by atoms with van der Waals surface area (Å²) in [5.74, 6) is 1.76. The van der Waals surface area contributed by atoms with Crippen molar-refractivity contribution >= 4 is 54.6 Å². The molecular formula is C53H30O3. The van der Waals surface area contributed by atoms with Crippen LogP contribution in [0.3, 0.4) is 0 Å². The molecule has 9 aromatic carbocycles. The molecule has 13 rings (SSSR count). The Morgan fingerprint density at radius 2 is 0.946 bits per heavy atom. The fourth-order valence-corrected chi connectivity index (χ4v) is 9.96. The van der Waals surface area contributed by atoms with Gasteiger partial charge in [-0.15, -0.1) is 0 Å². The van der Waals surface area contributed by atoms with Crippen molar-refractivity contribution in [1.29, 1.82) is 0 Å². The summed E-state index contributed by atoms with van der Waals surface area (Å²) in [5.41, 5.74) is 14.9. The Kier molecular flexibility index (Phi) is 5.83. The van der Waals surface area contributed by atoms with Gasteiger partial charge in [0, 0.05) is 38.1 Å². The van der Waals surface area contributed by atoms with E-state index >= 15 is 0 Å². The normalized spacial score (nSPS) is 13.6. The van der Waals surface area contributed by atoms with E-state index in [1.54, 1.807) is 0 Å². The molecule has 0 saturated heterocycles. The topological polar surface area (TPSA) is 35.5 Å². The summed E-state index contributed by atoms with van der Waals surface area (Å²) in [6.07, 6.45) is 0. The number of furan rings is 2. The highest BCUT2D eigenvalue weighted by atomic mass is 16.5. The lowest BCUT2D eigenvalue weighted by Crippen LogP contribution is -2.32. The molecular weight excluding hydrogens is 685 g/mol. The molecule has 3 heterocycles. The standard InChI is InChI=1S/C53H30O3/c1-2-11-36-31(10-1)20-26-41-51-35(14-9-19-47(51)56-52(36)41)34-22-25-40-39-24-21-32(28-48(39)55-49(40)30-34)33-23-27-45-50(29-33)54-46-18-8-7-17-44(46)53(45)42-15-5-3-12-37(42)38-13-4-6-16-43(38)53/h1-30H. The Morgan fingerprint density at radius 3 is 1.77 bits per heavy atom. The van der Waals surface area contributed by atoms with E-state index < -0.39 is 5.41 Å². The van der Waals surface area contributed by atoms with Gasteiger partial charge in [-0.3, -0.25) is 0 Å².